The molecule has 2 aliphatic rings. The number of nitrogens with one attached hydrogen (secondary N) is 1. The van der Waals surface area contributed by atoms with Gasteiger partial charge in [0.25, 0.3) is 0 Å². The molecule has 0 spiro atoms. The van der Waals surface area contributed by atoms with Crippen molar-refractivity contribution in [2.24, 2.45) is 4.99 Å². The Hall–Kier alpha value is -2.40. The second kappa shape index (κ2) is 9.62. The minimum Gasteiger partial charge on any atom is -0.463 e. The molecule has 1 aromatic heterocycles. The number of aromatic nitrogens is 1. The molecule has 1 unspecified atom stereocenters. The van der Waals surface area contributed by atoms with Gasteiger partial charge in [-0.25, -0.2) is 18.6 Å². The summed E-state index contributed by atoms with van der Waals surface area (Å²) < 4.78 is 32.9. The molecule has 3 atom stereocenters. The highest BCUT2D eigenvalue weighted by Crippen LogP contribution is 2.37. The molecular weight excluding hydrogens is 462 g/mol. The number of hydrogen-bond donors (Lipinski definition) is 2. The summed E-state index contributed by atoms with van der Waals surface area (Å²) in [4.78, 5) is 23.7. The number of rotatable bonds is 6. The van der Waals surface area contributed by atoms with Crippen LogP contribution in [0.2, 0.25) is 5.02 Å². The van der Waals surface area contributed by atoms with E-state index in [2.05, 4.69) is 15.3 Å². The van der Waals surface area contributed by atoms with Gasteiger partial charge in [-0.2, -0.15) is 0 Å². The quantitative estimate of drug-likeness (QED) is 0.616. The van der Waals surface area contributed by atoms with E-state index in [0.29, 0.717) is 22.1 Å². The summed E-state index contributed by atoms with van der Waals surface area (Å²) in [6.45, 7) is 2.11. The molecule has 170 valence electrons. The van der Waals surface area contributed by atoms with Gasteiger partial charge >= 0.3 is 5.97 Å². The number of alkyl halides is 1. The molecule has 3 heterocycles. The average Bonchev–Trinajstić information content (AvgIpc) is 3.38. The van der Waals surface area contributed by atoms with Crippen molar-refractivity contribution in [3.05, 3.63) is 62.5 Å². The normalized spacial score (nSPS) is 23.8. The van der Waals surface area contributed by atoms with Gasteiger partial charge in [0, 0.05) is 47.5 Å². The topological polar surface area (TPSA) is 87.0 Å². The first kappa shape index (κ1) is 22.8. The number of thiazole rings is 1. The first-order valence-electron chi connectivity index (χ1n) is 10.0. The van der Waals surface area contributed by atoms with E-state index in [4.69, 9.17) is 16.3 Å². The van der Waals surface area contributed by atoms with Gasteiger partial charge in [0.2, 0.25) is 0 Å². The minimum absolute atomic E-state index is 0.0220. The Morgan fingerprint density at radius 2 is 2.25 bits per heavy atom. The number of benzene rings is 1. The number of aliphatic imine (C=N–C) groups is 1. The maximum atomic E-state index is 13.9. The number of amidine groups is 1. The summed E-state index contributed by atoms with van der Waals surface area (Å²) in [5, 5.41) is 15.4. The van der Waals surface area contributed by atoms with Crippen LogP contribution in [0.5, 0.6) is 0 Å². The molecular formula is C21H21ClF2N4O3S. The summed E-state index contributed by atoms with van der Waals surface area (Å²) >= 11 is 7.68. The number of esters is 1. The zero-order valence-corrected chi connectivity index (χ0v) is 18.7. The molecule has 4 rings (SSSR count). The Labute approximate surface area is 192 Å². The molecule has 7 nitrogen and oxygen atoms in total. The van der Waals surface area contributed by atoms with Crippen molar-refractivity contribution in [2.75, 3.05) is 26.2 Å². The van der Waals surface area contributed by atoms with Gasteiger partial charge in [-0.15, -0.1) is 11.3 Å². The lowest BCUT2D eigenvalue weighted by Crippen LogP contribution is -2.39. The van der Waals surface area contributed by atoms with E-state index < -0.39 is 30.1 Å². The highest BCUT2D eigenvalue weighted by Gasteiger charge is 2.37. The molecule has 32 heavy (non-hydrogen) atoms. The Morgan fingerprint density at radius 3 is 2.88 bits per heavy atom. The first-order valence-corrected chi connectivity index (χ1v) is 11.3. The van der Waals surface area contributed by atoms with Crippen LogP contribution in [0.15, 0.2) is 46.0 Å². The number of halogens is 3. The van der Waals surface area contributed by atoms with Crippen LogP contribution >= 0.6 is 22.9 Å². The molecule has 2 N–H and O–H groups in total. The van der Waals surface area contributed by atoms with Gasteiger partial charge < -0.3 is 15.2 Å². The lowest BCUT2D eigenvalue weighted by molar-refractivity contribution is -0.139. The van der Waals surface area contributed by atoms with E-state index in [1.807, 2.05) is 0 Å². The third kappa shape index (κ3) is 4.68. The molecule has 1 fully saturated rings. The number of nitrogens with zero attached hydrogens (tertiary/aromatic N) is 3. The molecule has 0 bridgehead atoms. The van der Waals surface area contributed by atoms with E-state index in [1.165, 1.54) is 23.5 Å². The largest absolute Gasteiger partial charge is 0.463 e. The highest BCUT2D eigenvalue weighted by molar-refractivity contribution is 7.11. The fourth-order valence-electron chi connectivity index (χ4n) is 3.74. The lowest BCUT2D eigenvalue weighted by atomic mass is 9.95. The van der Waals surface area contributed by atoms with E-state index in [9.17, 15) is 18.7 Å². The number of aliphatic hydroxyl groups excluding tert-OH is 1. The fourth-order valence-corrected chi connectivity index (χ4v) is 4.60. The van der Waals surface area contributed by atoms with Crippen LogP contribution in [0.1, 0.15) is 23.5 Å². The number of aliphatic hydroxyl groups is 1. The van der Waals surface area contributed by atoms with Gasteiger partial charge in [-0.1, -0.05) is 17.7 Å². The number of carbonyl (C=O) groups excluding carboxylic acids is 1. The van der Waals surface area contributed by atoms with Crippen molar-refractivity contribution in [1.82, 2.24) is 15.2 Å². The third-order valence-corrected chi connectivity index (χ3v) is 6.30. The third-order valence-electron chi connectivity index (χ3n) is 5.19. The van der Waals surface area contributed by atoms with Crippen molar-refractivity contribution in [3.8, 4) is 0 Å². The van der Waals surface area contributed by atoms with E-state index >= 15 is 0 Å². The minimum atomic E-state index is -1.38. The van der Waals surface area contributed by atoms with Crippen molar-refractivity contribution in [1.29, 1.82) is 0 Å². The van der Waals surface area contributed by atoms with Crippen LogP contribution in [0.4, 0.5) is 8.78 Å². The van der Waals surface area contributed by atoms with E-state index in [0.717, 1.165) is 6.07 Å². The molecule has 1 aromatic carbocycles. The van der Waals surface area contributed by atoms with Crippen molar-refractivity contribution in [3.63, 3.8) is 0 Å². The highest BCUT2D eigenvalue weighted by atomic mass is 35.5. The van der Waals surface area contributed by atoms with Crippen LogP contribution in [0.25, 0.3) is 0 Å². The second-order valence-electron chi connectivity index (χ2n) is 7.40. The smallest absolute Gasteiger partial charge is 0.338 e. The van der Waals surface area contributed by atoms with Crippen molar-refractivity contribution < 1.29 is 23.4 Å². The van der Waals surface area contributed by atoms with Crippen LogP contribution in [0, 0.1) is 5.82 Å². The van der Waals surface area contributed by atoms with Gasteiger partial charge in [0.15, 0.2) is 10.8 Å². The first-order chi connectivity index (χ1) is 15.4. The predicted molar refractivity (Wildman–Crippen MR) is 117 cm³/mol. The Balaban J connectivity index is 1.81. The lowest BCUT2D eigenvalue weighted by Gasteiger charge is -2.29. The second-order valence-corrected chi connectivity index (χ2v) is 8.70. The van der Waals surface area contributed by atoms with Crippen LogP contribution in [-0.2, 0) is 9.53 Å². The maximum absolute atomic E-state index is 13.9. The number of likely N-dealkylation sites (tertiary alicyclic amines) is 1. The van der Waals surface area contributed by atoms with Crippen molar-refractivity contribution >= 4 is 34.7 Å². The number of carbonyl (C=O) groups is 1. The van der Waals surface area contributed by atoms with Gasteiger partial charge in [-0.3, -0.25) is 9.89 Å². The van der Waals surface area contributed by atoms with Crippen LogP contribution < -0.4 is 5.32 Å². The van der Waals surface area contributed by atoms with Crippen molar-refractivity contribution in [2.45, 2.75) is 25.2 Å². The molecule has 0 radical (unpaired) electrons. The molecule has 2 aliphatic heterocycles. The Bertz CT molecular complexity index is 1050. The summed E-state index contributed by atoms with van der Waals surface area (Å²) in [5.41, 5.74) is 1.06. The van der Waals surface area contributed by atoms with Crippen LogP contribution in [0.3, 0.4) is 0 Å². The summed E-state index contributed by atoms with van der Waals surface area (Å²) in [5.74, 6) is -0.720. The monoisotopic (exact) mass is 482 g/mol. The molecule has 2 aromatic rings. The Morgan fingerprint density at radius 1 is 1.44 bits per heavy atom. The molecule has 0 saturated carbocycles. The van der Waals surface area contributed by atoms with Gasteiger partial charge in [0.05, 0.1) is 18.3 Å². The molecule has 11 heteroatoms. The SMILES string of the molecule is CCOC(=O)C1=C(CN2CC(O)[C@H](F)C2)NC(c2nccs2)=N[C@H]1c1ccc(F)cc1Cl. The number of hydrogen-bond acceptors (Lipinski definition) is 8. The number of β-amino-alcohol motifs (C(OH)–C–C–N with tert-alkyl or cyclic N) is 1. The molecule has 0 amide bonds. The van der Waals surface area contributed by atoms with E-state index in [1.54, 1.807) is 23.4 Å². The summed E-state index contributed by atoms with van der Waals surface area (Å²) in [6, 6.07) is 3.00. The Kier molecular flexibility index (Phi) is 6.85. The average molecular weight is 483 g/mol. The zero-order chi connectivity index (χ0) is 22.8. The summed E-state index contributed by atoms with van der Waals surface area (Å²) in [6.07, 6.45) is -0.849. The standard InChI is InChI=1S/C21H21ClF2N4O3S/c1-2-31-21(30)17-15(9-28-8-14(24)16(29)10-28)26-19(20-25-5-6-32-20)27-18(17)12-4-3-11(23)7-13(12)22/h3-7,14,16,18,29H,2,8-10H2,1H3,(H,26,27)/t14-,16?,18+/m1/s1. The van der Waals surface area contributed by atoms with Gasteiger partial charge in [0.1, 0.15) is 18.0 Å². The molecule has 0 aliphatic carbocycles. The molecule has 1 saturated heterocycles. The van der Waals surface area contributed by atoms with Gasteiger partial charge in [-0.05, 0) is 19.1 Å². The zero-order valence-electron chi connectivity index (χ0n) is 17.1. The summed E-state index contributed by atoms with van der Waals surface area (Å²) in [7, 11) is 0. The van der Waals surface area contributed by atoms with Crippen LogP contribution in [-0.4, -0.2) is 65.3 Å². The van der Waals surface area contributed by atoms with E-state index in [-0.39, 0.29) is 36.8 Å². The maximum Gasteiger partial charge on any atom is 0.338 e. The fraction of sp³-hybridized carbons (Fsp3) is 0.381. The number of ether oxygens (including phenoxy) is 1. The predicted octanol–water partition coefficient (Wildman–Crippen LogP) is 2.86.